The Kier molecular flexibility index (Phi) is 5.51. The Bertz CT molecular complexity index is 1080. The Hall–Kier alpha value is -3.52. The molecule has 0 radical (unpaired) electrons. The van der Waals surface area contributed by atoms with Crippen molar-refractivity contribution in [1.29, 1.82) is 0 Å². The molecule has 0 amide bonds. The van der Waals surface area contributed by atoms with Gasteiger partial charge in [0.05, 0.1) is 17.6 Å². The topological polar surface area (TPSA) is 102 Å². The number of carbonyl (C=O) groups is 1. The van der Waals surface area contributed by atoms with Crippen LogP contribution in [0.25, 0.3) is 0 Å². The second kappa shape index (κ2) is 8.01. The van der Waals surface area contributed by atoms with Crippen LogP contribution in [-0.4, -0.2) is 26.6 Å². The van der Waals surface area contributed by atoms with Crippen LogP contribution in [0.2, 0.25) is 0 Å². The highest BCUT2D eigenvalue weighted by Gasteiger charge is 2.15. The maximum absolute atomic E-state index is 12.4. The number of hydrogen-bond donors (Lipinski definition) is 2. The Morgan fingerprint density at radius 3 is 2.07 bits per heavy atom. The number of anilines is 1. The number of carboxylic acid groups (broad SMARTS) is 1. The minimum absolute atomic E-state index is 0.0109. The lowest BCUT2D eigenvalue weighted by molar-refractivity contribution is 0.0696. The SMILES string of the molecule is COc1ccccc1Oc1ccc(NS(=O)(=O)c2ccc(C(=O)O)cc2)cc1. The molecule has 0 saturated heterocycles. The second-order valence-electron chi connectivity index (χ2n) is 5.71. The van der Waals surface area contributed by atoms with Gasteiger partial charge in [-0.2, -0.15) is 0 Å². The van der Waals surface area contributed by atoms with Crippen molar-refractivity contribution in [2.75, 3.05) is 11.8 Å². The van der Waals surface area contributed by atoms with Crippen LogP contribution in [0.1, 0.15) is 10.4 Å². The summed E-state index contributed by atoms with van der Waals surface area (Å²) in [6, 6.07) is 18.5. The number of ether oxygens (including phenoxy) is 2. The van der Waals surface area contributed by atoms with Gasteiger partial charge in [0.2, 0.25) is 0 Å². The van der Waals surface area contributed by atoms with Gasteiger partial charge >= 0.3 is 5.97 Å². The van der Waals surface area contributed by atoms with E-state index in [1.807, 2.05) is 12.1 Å². The number of carboxylic acids is 1. The summed E-state index contributed by atoms with van der Waals surface area (Å²) in [7, 11) is -2.30. The van der Waals surface area contributed by atoms with Gasteiger partial charge in [-0.05, 0) is 60.7 Å². The third kappa shape index (κ3) is 4.41. The fourth-order valence-corrected chi connectivity index (χ4v) is 3.47. The molecule has 8 heteroatoms. The van der Waals surface area contributed by atoms with E-state index in [0.29, 0.717) is 22.9 Å². The molecule has 0 atom stereocenters. The average molecular weight is 399 g/mol. The summed E-state index contributed by atoms with van der Waals surface area (Å²) >= 11 is 0. The van der Waals surface area contributed by atoms with Crippen LogP contribution in [0, 0.1) is 0 Å². The first-order valence-electron chi connectivity index (χ1n) is 8.16. The van der Waals surface area contributed by atoms with Crippen molar-refractivity contribution in [2.24, 2.45) is 0 Å². The third-order valence-electron chi connectivity index (χ3n) is 3.81. The van der Waals surface area contributed by atoms with Gasteiger partial charge in [0.15, 0.2) is 11.5 Å². The molecule has 0 spiro atoms. The molecular weight excluding hydrogens is 382 g/mol. The van der Waals surface area contributed by atoms with Gasteiger partial charge in [0.25, 0.3) is 10.0 Å². The fraction of sp³-hybridized carbons (Fsp3) is 0.0500. The average Bonchev–Trinajstić information content (AvgIpc) is 2.70. The van der Waals surface area contributed by atoms with Crippen molar-refractivity contribution in [2.45, 2.75) is 4.90 Å². The predicted molar refractivity (Wildman–Crippen MR) is 104 cm³/mol. The Labute approximate surface area is 162 Å². The largest absolute Gasteiger partial charge is 0.493 e. The van der Waals surface area contributed by atoms with Gasteiger partial charge in [-0.3, -0.25) is 4.72 Å². The first-order valence-corrected chi connectivity index (χ1v) is 9.64. The van der Waals surface area contributed by atoms with Crippen molar-refractivity contribution in [3.63, 3.8) is 0 Å². The highest BCUT2D eigenvalue weighted by Crippen LogP contribution is 2.31. The minimum atomic E-state index is -3.84. The van der Waals surface area contributed by atoms with E-state index >= 15 is 0 Å². The summed E-state index contributed by atoms with van der Waals surface area (Å²) < 4.78 is 38.3. The number of hydrogen-bond acceptors (Lipinski definition) is 5. The smallest absolute Gasteiger partial charge is 0.335 e. The maximum atomic E-state index is 12.4. The van der Waals surface area contributed by atoms with Crippen LogP contribution in [-0.2, 0) is 10.0 Å². The summed E-state index contributed by atoms with van der Waals surface area (Å²) in [5.41, 5.74) is 0.353. The lowest BCUT2D eigenvalue weighted by atomic mass is 10.2. The quantitative estimate of drug-likeness (QED) is 0.623. The molecule has 0 fully saturated rings. The molecule has 0 aromatic heterocycles. The van der Waals surface area contributed by atoms with E-state index in [9.17, 15) is 13.2 Å². The zero-order valence-corrected chi connectivity index (χ0v) is 15.6. The molecule has 3 aromatic rings. The molecule has 0 aliphatic heterocycles. The summed E-state index contributed by atoms with van der Waals surface area (Å²) in [5, 5.41) is 8.89. The molecule has 2 N–H and O–H groups in total. The zero-order valence-electron chi connectivity index (χ0n) is 14.8. The van der Waals surface area contributed by atoms with Crippen LogP contribution in [0.4, 0.5) is 5.69 Å². The number of rotatable bonds is 7. The van der Waals surface area contributed by atoms with Crippen molar-refractivity contribution < 1.29 is 27.8 Å². The number of benzene rings is 3. The Morgan fingerprint density at radius 1 is 0.893 bits per heavy atom. The molecule has 3 aromatic carbocycles. The van der Waals surface area contributed by atoms with Gasteiger partial charge < -0.3 is 14.6 Å². The molecule has 3 rings (SSSR count). The van der Waals surface area contributed by atoms with Gasteiger partial charge in [-0.1, -0.05) is 12.1 Å². The maximum Gasteiger partial charge on any atom is 0.335 e. The van der Waals surface area contributed by atoms with Crippen molar-refractivity contribution >= 4 is 21.7 Å². The van der Waals surface area contributed by atoms with Crippen LogP contribution in [0.15, 0.2) is 77.7 Å². The first kappa shape index (κ1) is 19.2. The lowest BCUT2D eigenvalue weighted by Crippen LogP contribution is -2.13. The number of nitrogens with one attached hydrogen (secondary N) is 1. The van der Waals surface area contributed by atoms with E-state index in [2.05, 4.69) is 4.72 Å². The summed E-state index contributed by atoms with van der Waals surface area (Å²) in [5.74, 6) is 0.509. The van der Waals surface area contributed by atoms with Crippen LogP contribution >= 0.6 is 0 Å². The lowest BCUT2D eigenvalue weighted by Gasteiger charge is -2.11. The van der Waals surface area contributed by atoms with E-state index in [0.717, 1.165) is 0 Å². The number of methoxy groups -OCH3 is 1. The van der Waals surface area contributed by atoms with E-state index in [4.69, 9.17) is 14.6 Å². The number of sulfonamides is 1. The summed E-state index contributed by atoms with van der Waals surface area (Å²) in [6.07, 6.45) is 0. The van der Waals surface area contributed by atoms with Crippen molar-refractivity contribution in [3.05, 3.63) is 78.4 Å². The summed E-state index contributed by atoms with van der Waals surface area (Å²) in [6.45, 7) is 0. The van der Waals surface area contributed by atoms with E-state index in [1.54, 1.807) is 43.5 Å². The van der Waals surface area contributed by atoms with E-state index in [1.165, 1.54) is 24.3 Å². The number of aromatic carboxylic acids is 1. The van der Waals surface area contributed by atoms with Gasteiger partial charge in [0, 0.05) is 5.69 Å². The molecular formula is C20H17NO6S. The molecule has 0 saturated carbocycles. The second-order valence-corrected chi connectivity index (χ2v) is 7.39. The molecule has 0 bridgehead atoms. The standard InChI is InChI=1S/C20H17NO6S/c1-26-18-4-2-3-5-19(18)27-16-10-8-15(9-11-16)21-28(24,25)17-12-6-14(7-13-17)20(22)23/h2-13,21H,1H3,(H,22,23). The predicted octanol–water partition coefficient (Wildman–Crippen LogP) is 3.99. The number of para-hydroxylation sites is 2. The van der Waals surface area contributed by atoms with Crippen LogP contribution in [0.5, 0.6) is 17.2 Å². The van der Waals surface area contributed by atoms with E-state index < -0.39 is 16.0 Å². The molecule has 144 valence electrons. The fourth-order valence-electron chi connectivity index (χ4n) is 2.41. The Morgan fingerprint density at radius 2 is 1.50 bits per heavy atom. The summed E-state index contributed by atoms with van der Waals surface area (Å²) in [4.78, 5) is 10.8. The van der Waals surface area contributed by atoms with Crippen LogP contribution < -0.4 is 14.2 Å². The molecule has 7 nitrogen and oxygen atoms in total. The molecule has 0 heterocycles. The Balaban J connectivity index is 1.73. The first-order chi connectivity index (χ1) is 13.4. The molecule has 0 unspecified atom stereocenters. The highest BCUT2D eigenvalue weighted by molar-refractivity contribution is 7.92. The monoisotopic (exact) mass is 399 g/mol. The van der Waals surface area contributed by atoms with Gasteiger partial charge in [0.1, 0.15) is 5.75 Å². The zero-order chi connectivity index (χ0) is 20.1. The normalized spacial score (nSPS) is 10.9. The van der Waals surface area contributed by atoms with Gasteiger partial charge in [-0.25, -0.2) is 13.2 Å². The highest BCUT2D eigenvalue weighted by atomic mass is 32.2. The van der Waals surface area contributed by atoms with Crippen LogP contribution in [0.3, 0.4) is 0 Å². The third-order valence-corrected chi connectivity index (χ3v) is 5.21. The van der Waals surface area contributed by atoms with Gasteiger partial charge in [-0.15, -0.1) is 0 Å². The molecule has 0 aliphatic rings. The van der Waals surface area contributed by atoms with Crippen molar-refractivity contribution in [1.82, 2.24) is 0 Å². The minimum Gasteiger partial charge on any atom is -0.493 e. The molecule has 0 aliphatic carbocycles. The van der Waals surface area contributed by atoms with E-state index in [-0.39, 0.29) is 10.5 Å². The van der Waals surface area contributed by atoms with Crippen molar-refractivity contribution in [3.8, 4) is 17.2 Å². The molecule has 28 heavy (non-hydrogen) atoms.